The highest BCUT2D eigenvalue weighted by Crippen LogP contribution is 2.24. The summed E-state index contributed by atoms with van der Waals surface area (Å²) < 4.78 is 13.8. The maximum absolute atomic E-state index is 13.8. The zero-order valence-electron chi connectivity index (χ0n) is 13.9. The summed E-state index contributed by atoms with van der Waals surface area (Å²) in [6.07, 6.45) is 0. The molecule has 1 aromatic heterocycles. The number of benzene rings is 2. The zero-order chi connectivity index (χ0) is 17.1. The number of halogens is 1. The molecule has 4 nitrogen and oxygen atoms in total. The van der Waals surface area contributed by atoms with Crippen molar-refractivity contribution in [2.75, 3.05) is 10.6 Å². The van der Waals surface area contributed by atoms with Gasteiger partial charge in [0.1, 0.15) is 11.6 Å². The summed E-state index contributed by atoms with van der Waals surface area (Å²) in [5.41, 5.74) is 4.50. The molecular formula is C19H19FN4. The lowest BCUT2D eigenvalue weighted by Gasteiger charge is -2.13. The molecule has 0 atom stereocenters. The minimum Gasteiger partial charge on any atom is -0.340 e. The molecule has 0 unspecified atom stereocenters. The number of anilines is 4. The van der Waals surface area contributed by atoms with E-state index in [0.29, 0.717) is 17.5 Å². The summed E-state index contributed by atoms with van der Waals surface area (Å²) in [6, 6.07) is 14.4. The van der Waals surface area contributed by atoms with Gasteiger partial charge in [-0.05, 0) is 50.1 Å². The molecule has 0 saturated heterocycles. The summed E-state index contributed by atoms with van der Waals surface area (Å²) >= 11 is 0. The van der Waals surface area contributed by atoms with Crippen molar-refractivity contribution in [1.82, 2.24) is 9.97 Å². The number of nitrogens with zero attached hydrogens (tertiary/aromatic N) is 2. The van der Waals surface area contributed by atoms with E-state index in [-0.39, 0.29) is 5.82 Å². The van der Waals surface area contributed by atoms with E-state index in [0.717, 1.165) is 16.9 Å². The number of hydrogen-bond acceptors (Lipinski definition) is 4. The maximum Gasteiger partial charge on any atom is 0.229 e. The summed E-state index contributed by atoms with van der Waals surface area (Å²) in [5, 5.41) is 6.24. The Balaban J connectivity index is 1.89. The Morgan fingerprint density at radius 3 is 2.38 bits per heavy atom. The molecule has 0 aliphatic rings. The minimum atomic E-state index is -0.341. The lowest BCUT2D eigenvalue weighted by molar-refractivity contribution is 0.631. The molecule has 0 amide bonds. The van der Waals surface area contributed by atoms with E-state index in [2.05, 4.69) is 40.5 Å². The van der Waals surface area contributed by atoms with E-state index in [9.17, 15) is 4.39 Å². The number of rotatable bonds is 4. The second kappa shape index (κ2) is 6.66. The van der Waals surface area contributed by atoms with Gasteiger partial charge < -0.3 is 10.6 Å². The standard InChI is InChI=1S/C19H19FN4/c1-12-7-6-10-16(14(12)3)22-18-11-13(2)21-19(24-18)23-17-9-5-4-8-15(17)20/h4-11H,1-3H3,(H2,21,22,23,24). The van der Waals surface area contributed by atoms with Gasteiger partial charge in [0.25, 0.3) is 0 Å². The normalized spacial score (nSPS) is 10.5. The van der Waals surface area contributed by atoms with Gasteiger partial charge in [0.05, 0.1) is 5.69 Å². The van der Waals surface area contributed by atoms with Crippen LogP contribution in [0.2, 0.25) is 0 Å². The molecule has 0 aliphatic carbocycles. The van der Waals surface area contributed by atoms with Gasteiger partial charge in [-0.2, -0.15) is 4.98 Å². The molecule has 2 N–H and O–H groups in total. The van der Waals surface area contributed by atoms with Crippen LogP contribution < -0.4 is 10.6 Å². The molecule has 5 heteroatoms. The molecule has 0 bridgehead atoms. The largest absolute Gasteiger partial charge is 0.340 e. The lowest BCUT2D eigenvalue weighted by atomic mass is 10.1. The summed E-state index contributed by atoms with van der Waals surface area (Å²) in [5.74, 6) is 0.676. The summed E-state index contributed by atoms with van der Waals surface area (Å²) in [4.78, 5) is 8.76. The number of para-hydroxylation sites is 1. The lowest BCUT2D eigenvalue weighted by Crippen LogP contribution is -2.04. The fourth-order valence-electron chi connectivity index (χ4n) is 2.40. The van der Waals surface area contributed by atoms with Crippen LogP contribution in [0, 0.1) is 26.6 Å². The van der Waals surface area contributed by atoms with Crippen molar-refractivity contribution in [3.8, 4) is 0 Å². The molecule has 3 rings (SSSR count). The minimum absolute atomic E-state index is 0.341. The third-order valence-electron chi connectivity index (χ3n) is 3.84. The second-order valence-corrected chi connectivity index (χ2v) is 5.70. The Morgan fingerprint density at radius 1 is 0.833 bits per heavy atom. The van der Waals surface area contributed by atoms with Gasteiger partial charge >= 0.3 is 0 Å². The van der Waals surface area contributed by atoms with Crippen LogP contribution in [0.5, 0.6) is 0 Å². The average Bonchev–Trinajstić information content (AvgIpc) is 2.54. The number of aryl methyl sites for hydroxylation is 2. The van der Waals surface area contributed by atoms with Crippen LogP contribution in [0.3, 0.4) is 0 Å². The molecule has 122 valence electrons. The van der Waals surface area contributed by atoms with Crippen LogP contribution in [0.15, 0.2) is 48.5 Å². The molecule has 1 heterocycles. The average molecular weight is 322 g/mol. The molecule has 0 radical (unpaired) electrons. The first-order valence-electron chi connectivity index (χ1n) is 7.73. The smallest absolute Gasteiger partial charge is 0.229 e. The van der Waals surface area contributed by atoms with Crippen molar-refractivity contribution >= 4 is 23.1 Å². The molecule has 0 spiro atoms. The van der Waals surface area contributed by atoms with Crippen LogP contribution in [-0.4, -0.2) is 9.97 Å². The number of aromatic nitrogens is 2. The van der Waals surface area contributed by atoms with Gasteiger partial charge in [-0.3, -0.25) is 0 Å². The Bertz CT molecular complexity index is 877. The predicted octanol–water partition coefficient (Wildman–Crippen LogP) is 5.03. The Morgan fingerprint density at radius 2 is 1.58 bits per heavy atom. The van der Waals surface area contributed by atoms with Crippen molar-refractivity contribution in [3.05, 3.63) is 71.2 Å². The number of hydrogen-bond donors (Lipinski definition) is 2. The van der Waals surface area contributed by atoms with Crippen molar-refractivity contribution in [2.45, 2.75) is 20.8 Å². The monoisotopic (exact) mass is 322 g/mol. The molecule has 3 aromatic rings. The van der Waals surface area contributed by atoms with E-state index in [1.807, 2.05) is 25.1 Å². The van der Waals surface area contributed by atoms with Crippen molar-refractivity contribution in [1.29, 1.82) is 0 Å². The van der Waals surface area contributed by atoms with E-state index in [4.69, 9.17) is 0 Å². The Labute approximate surface area is 140 Å². The first kappa shape index (κ1) is 15.9. The molecule has 0 fully saturated rings. The molecule has 24 heavy (non-hydrogen) atoms. The van der Waals surface area contributed by atoms with Crippen LogP contribution in [0.25, 0.3) is 0 Å². The van der Waals surface area contributed by atoms with Gasteiger partial charge in [-0.15, -0.1) is 0 Å². The second-order valence-electron chi connectivity index (χ2n) is 5.70. The van der Waals surface area contributed by atoms with Crippen molar-refractivity contribution < 1.29 is 4.39 Å². The predicted molar refractivity (Wildman–Crippen MR) is 95.7 cm³/mol. The Hall–Kier alpha value is -2.95. The molecule has 2 aromatic carbocycles. The molecular weight excluding hydrogens is 303 g/mol. The van der Waals surface area contributed by atoms with Gasteiger partial charge in [0.15, 0.2) is 0 Å². The quantitative estimate of drug-likeness (QED) is 0.707. The first-order valence-corrected chi connectivity index (χ1v) is 7.73. The van der Waals surface area contributed by atoms with E-state index in [1.165, 1.54) is 11.6 Å². The van der Waals surface area contributed by atoms with Gasteiger partial charge in [-0.1, -0.05) is 24.3 Å². The van der Waals surface area contributed by atoms with Gasteiger partial charge in [-0.25, -0.2) is 9.37 Å². The fraction of sp³-hybridized carbons (Fsp3) is 0.158. The fourth-order valence-corrected chi connectivity index (χ4v) is 2.40. The van der Waals surface area contributed by atoms with Gasteiger partial charge in [0.2, 0.25) is 5.95 Å². The highest BCUT2D eigenvalue weighted by atomic mass is 19.1. The third kappa shape index (κ3) is 3.51. The summed E-state index contributed by atoms with van der Waals surface area (Å²) in [7, 11) is 0. The molecule has 0 saturated carbocycles. The van der Waals surface area contributed by atoms with Gasteiger partial charge in [0, 0.05) is 17.4 Å². The SMILES string of the molecule is Cc1cc(Nc2cccc(C)c2C)nc(Nc2ccccc2F)n1. The third-order valence-corrected chi connectivity index (χ3v) is 3.84. The van der Waals surface area contributed by atoms with E-state index in [1.54, 1.807) is 18.2 Å². The van der Waals surface area contributed by atoms with E-state index >= 15 is 0 Å². The van der Waals surface area contributed by atoms with Crippen LogP contribution in [0.1, 0.15) is 16.8 Å². The van der Waals surface area contributed by atoms with Crippen LogP contribution in [0.4, 0.5) is 27.5 Å². The Kier molecular flexibility index (Phi) is 4.42. The van der Waals surface area contributed by atoms with Crippen molar-refractivity contribution in [3.63, 3.8) is 0 Å². The zero-order valence-corrected chi connectivity index (χ0v) is 13.9. The first-order chi connectivity index (χ1) is 11.5. The molecule has 0 aliphatic heterocycles. The van der Waals surface area contributed by atoms with Crippen LogP contribution in [-0.2, 0) is 0 Å². The summed E-state index contributed by atoms with van der Waals surface area (Å²) in [6.45, 7) is 6.00. The highest BCUT2D eigenvalue weighted by Gasteiger charge is 2.07. The number of nitrogens with one attached hydrogen (secondary N) is 2. The highest BCUT2D eigenvalue weighted by molar-refractivity contribution is 5.64. The topological polar surface area (TPSA) is 49.8 Å². The van der Waals surface area contributed by atoms with Crippen LogP contribution >= 0.6 is 0 Å². The van der Waals surface area contributed by atoms with Crippen molar-refractivity contribution in [2.24, 2.45) is 0 Å². The van der Waals surface area contributed by atoms with E-state index < -0.39 is 0 Å². The maximum atomic E-state index is 13.8.